The van der Waals surface area contributed by atoms with Gasteiger partial charge >= 0.3 is 0 Å². The van der Waals surface area contributed by atoms with Crippen molar-refractivity contribution in [2.24, 2.45) is 0 Å². The number of benzene rings is 1. The first kappa shape index (κ1) is 18.6. The molecule has 0 saturated carbocycles. The number of likely N-dealkylation sites (tertiary alicyclic amines) is 1. The van der Waals surface area contributed by atoms with Crippen LogP contribution >= 0.6 is 0 Å². The number of piperidine rings is 1. The molecule has 1 aromatic heterocycles. The van der Waals surface area contributed by atoms with Crippen molar-refractivity contribution in [3.8, 4) is 0 Å². The van der Waals surface area contributed by atoms with Crippen LogP contribution < -0.4 is 0 Å². The van der Waals surface area contributed by atoms with Gasteiger partial charge in [0, 0.05) is 25.4 Å². The third-order valence-electron chi connectivity index (χ3n) is 5.10. The molecule has 0 radical (unpaired) electrons. The van der Waals surface area contributed by atoms with Crippen LogP contribution in [0.25, 0.3) is 0 Å². The van der Waals surface area contributed by atoms with E-state index in [1.165, 1.54) is 43.5 Å². The molecule has 2 heterocycles. The molecular formula is C22H29N3O. The minimum Gasteiger partial charge on any atom is -0.336 e. The fourth-order valence-electron chi connectivity index (χ4n) is 3.42. The molecule has 1 saturated heterocycles. The summed E-state index contributed by atoms with van der Waals surface area (Å²) in [5.74, 6) is 0.0379. The van der Waals surface area contributed by atoms with E-state index in [0.29, 0.717) is 6.54 Å². The lowest BCUT2D eigenvalue weighted by Gasteiger charge is -2.26. The summed E-state index contributed by atoms with van der Waals surface area (Å²) < 4.78 is 0. The zero-order valence-corrected chi connectivity index (χ0v) is 15.9. The molecule has 1 fully saturated rings. The lowest BCUT2D eigenvalue weighted by molar-refractivity contribution is 0.0783. The molecule has 0 aliphatic carbocycles. The number of nitrogens with zero attached hydrogens (tertiary/aromatic N) is 3. The van der Waals surface area contributed by atoms with Crippen LogP contribution in [0.2, 0.25) is 0 Å². The number of carbonyl (C=O) groups excluding carboxylic acids is 1. The second-order valence-electron chi connectivity index (χ2n) is 7.21. The van der Waals surface area contributed by atoms with Gasteiger partial charge in [0.1, 0.15) is 0 Å². The van der Waals surface area contributed by atoms with E-state index in [9.17, 15) is 4.79 Å². The Balaban J connectivity index is 1.57. The largest absolute Gasteiger partial charge is 0.336 e. The number of pyridine rings is 1. The zero-order valence-electron chi connectivity index (χ0n) is 15.9. The molecule has 0 N–H and O–H groups in total. The molecule has 2 aromatic rings. The van der Waals surface area contributed by atoms with Crippen LogP contribution in [0.4, 0.5) is 0 Å². The normalized spacial score (nSPS) is 15.0. The van der Waals surface area contributed by atoms with Crippen molar-refractivity contribution < 1.29 is 4.79 Å². The van der Waals surface area contributed by atoms with Gasteiger partial charge in [0.15, 0.2) is 0 Å². The Labute approximate surface area is 156 Å². The van der Waals surface area contributed by atoms with Gasteiger partial charge in [0.2, 0.25) is 0 Å². The van der Waals surface area contributed by atoms with Gasteiger partial charge in [-0.05, 0) is 61.7 Å². The Morgan fingerprint density at radius 2 is 1.73 bits per heavy atom. The fraction of sp³-hybridized carbons (Fsp3) is 0.455. The van der Waals surface area contributed by atoms with Crippen molar-refractivity contribution in [2.45, 2.75) is 45.7 Å². The molecule has 4 heteroatoms. The Bertz CT molecular complexity index is 703. The second kappa shape index (κ2) is 8.95. The highest BCUT2D eigenvalue weighted by Crippen LogP contribution is 2.15. The predicted molar refractivity (Wildman–Crippen MR) is 105 cm³/mol. The second-order valence-corrected chi connectivity index (χ2v) is 7.21. The SMILES string of the molecule is CCc1ccc(CN(C)C(=O)c2ccc(CN3CCCCC3)cc2)nc1. The fourth-order valence-corrected chi connectivity index (χ4v) is 3.42. The van der Waals surface area contributed by atoms with Gasteiger partial charge in [0.25, 0.3) is 5.91 Å². The number of carbonyl (C=O) groups is 1. The summed E-state index contributed by atoms with van der Waals surface area (Å²) in [5.41, 5.74) is 4.15. The highest BCUT2D eigenvalue weighted by Gasteiger charge is 2.14. The molecule has 0 unspecified atom stereocenters. The summed E-state index contributed by atoms with van der Waals surface area (Å²) in [4.78, 5) is 21.3. The maximum absolute atomic E-state index is 12.7. The molecule has 0 spiro atoms. The van der Waals surface area contributed by atoms with Crippen molar-refractivity contribution in [3.63, 3.8) is 0 Å². The standard InChI is InChI=1S/C22H29N3O/c1-3-18-9-12-21(23-15-18)17-24(2)22(26)20-10-7-19(8-11-20)16-25-13-5-4-6-14-25/h7-12,15H,3-6,13-14,16-17H2,1-2H3. The van der Waals surface area contributed by atoms with Gasteiger partial charge in [-0.2, -0.15) is 0 Å². The lowest BCUT2D eigenvalue weighted by atomic mass is 10.1. The minimum absolute atomic E-state index is 0.0379. The topological polar surface area (TPSA) is 36.4 Å². The van der Waals surface area contributed by atoms with E-state index >= 15 is 0 Å². The van der Waals surface area contributed by atoms with Gasteiger partial charge in [-0.3, -0.25) is 14.7 Å². The highest BCUT2D eigenvalue weighted by atomic mass is 16.2. The van der Waals surface area contributed by atoms with Crippen molar-refractivity contribution in [3.05, 3.63) is 65.0 Å². The van der Waals surface area contributed by atoms with Crippen LogP contribution in [0, 0.1) is 0 Å². The number of amides is 1. The van der Waals surface area contributed by atoms with Crippen LogP contribution in [-0.4, -0.2) is 40.8 Å². The minimum atomic E-state index is 0.0379. The van der Waals surface area contributed by atoms with E-state index < -0.39 is 0 Å². The van der Waals surface area contributed by atoms with E-state index in [0.717, 1.165) is 24.2 Å². The highest BCUT2D eigenvalue weighted by molar-refractivity contribution is 5.94. The third kappa shape index (κ3) is 4.92. The van der Waals surface area contributed by atoms with Gasteiger partial charge in [-0.1, -0.05) is 31.5 Å². The van der Waals surface area contributed by atoms with Crippen molar-refractivity contribution in [2.75, 3.05) is 20.1 Å². The molecule has 1 aliphatic heterocycles. The van der Waals surface area contributed by atoms with Gasteiger partial charge in [-0.25, -0.2) is 0 Å². The monoisotopic (exact) mass is 351 g/mol. The zero-order chi connectivity index (χ0) is 18.4. The van der Waals surface area contributed by atoms with E-state index in [1.54, 1.807) is 4.90 Å². The molecule has 138 valence electrons. The number of hydrogen-bond donors (Lipinski definition) is 0. The quantitative estimate of drug-likeness (QED) is 0.792. The maximum atomic E-state index is 12.7. The average Bonchev–Trinajstić information content (AvgIpc) is 2.69. The summed E-state index contributed by atoms with van der Waals surface area (Å²) in [7, 11) is 1.83. The molecule has 1 amide bonds. The Kier molecular flexibility index (Phi) is 6.40. The predicted octanol–water partition coefficient (Wildman–Crippen LogP) is 3.90. The molecule has 26 heavy (non-hydrogen) atoms. The van der Waals surface area contributed by atoms with Crippen LogP contribution in [0.3, 0.4) is 0 Å². The van der Waals surface area contributed by atoms with Gasteiger partial charge in [-0.15, -0.1) is 0 Å². The summed E-state index contributed by atoms with van der Waals surface area (Å²) >= 11 is 0. The van der Waals surface area contributed by atoms with Gasteiger partial charge in [0.05, 0.1) is 12.2 Å². The summed E-state index contributed by atoms with van der Waals surface area (Å²) in [6.45, 7) is 6.00. The number of rotatable bonds is 6. The van der Waals surface area contributed by atoms with Crippen molar-refractivity contribution in [1.29, 1.82) is 0 Å². The van der Waals surface area contributed by atoms with Crippen molar-refractivity contribution >= 4 is 5.91 Å². The Morgan fingerprint density at radius 1 is 1.04 bits per heavy atom. The Hall–Kier alpha value is -2.20. The molecule has 3 rings (SSSR count). The third-order valence-corrected chi connectivity index (χ3v) is 5.10. The number of aromatic nitrogens is 1. The molecular weight excluding hydrogens is 322 g/mol. The van der Waals surface area contributed by atoms with Crippen molar-refractivity contribution in [1.82, 2.24) is 14.8 Å². The number of hydrogen-bond acceptors (Lipinski definition) is 3. The molecule has 4 nitrogen and oxygen atoms in total. The van der Waals surface area contributed by atoms with Crippen LogP contribution in [0.15, 0.2) is 42.6 Å². The van der Waals surface area contributed by atoms with E-state index in [4.69, 9.17) is 0 Å². The van der Waals surface area contributed by atoms with E-state index in [2.05, 4.69) is 35.0 Å². The first-order valence-electron chi connectivity index (χ1n) is 9.66. The van der Waals surface area contributed by atoms with E-state index in [1.807, 2.05) is 31.4 Å². The summed E-state index contributed by atoms with van der Waals surface area (Å²) in [5, 5.41) is 0. The average molecular weight is 351 g/mol. The van der Waals surface area contributed by atoms with Crippen LogP contribution in [0.1, 0.15) is 53.4 Å². The first-order chi connectivity index (χ1) is 12.7. The molecule has 1 aliphatic rings. The van der Waals surface area contributed by atoms with Gasteiger partial charge < -0.3 is 4.90 Å². The smallest absolute Gasteiger partial charge is 0.253 e. The molecule has 0 bridgehead atoms. The summed E-state index contributed by atoms with van der Waals surface area (Å²) in [6.07, 6.45) is 6.82. The maximum Gasteiger partial charge on any atom is 0.253 e. The molecule has 1 aromatic carbocycles. The first-order valence-corrected chi connectivity index (χ1v) is 9.66. The van der Waals surface area contributed by atoms with E-state index in [-0.39, 0.29) is 5.91 Å². The number of aryl methyl sites for hydroxylation is 1. The molecule has 0 atom stereocenters. The summed E-state index contributed by atoms with van der Waals surface area (Å²) in [6, 6.07) is 12.2. The lowest BCUT2D eigenvalue weighted by Crippen LogP contribution is -2.29. The van der Waals surface area contributed by atoms with Crippen LogP contribution in [0.5, 0.6) is 0 Å². The Morgan fingerprint density at radius 3 is 2.35 bits per heavy atom. The van der Waals surface area contributed by atoms with Crippen LogP contribution in [-0.2, 0) is 19.5 Å².